The number of alkyl halides is 3. The Morgan fingerprint density at radius 1 is 1.00 bits per heavy atom. The first-order valence-electron chi connectivity index (χ1n) is 8.26. The molecule has 27 heavy (non-hydrogen) atoms. The van der Waals surface area contributed by atoms with Gasteiger partial charge in [0, 0.05) is 18.8 Å². The fraction of sp³-hybridized carbons (Fsp3) is 0.278. The molecule has 2 amide bonds. The van der Waals surface area contributed by atoms with Crippen LogP contribution in [0.15, 0.2) is 48.5 Å². The van der Waals surface area contributed by atoms with E-state index in [4.69, 9.17) is 4.74 Å². The summed E-state index contributed by atoms with van der Waals surface area (Å²) in [7, 11) is 0. The van der Waals surface area contributed by atoms with Gasteiger partial charge in [-0.1, -0.05) is 12.1 Å². The minimum Gasteiger partial charge on any atom is -0.406 e. The van der Waals surface area contributed by atoms with E-state index in [1.807, 2.05) is 18.2 Å². The Labute approximate surface area is 153 Å². The van der Waals surface area contributed by atoms with Crippen molar-refractivity contribution in [3.05, 3.63) is 48.5 Å². The summed E-state index contributed by atoms with van der Waals surface area (Å²) in [5.41, 5.74) is 1.85. The molecule has 1 heterocycles. The SMILES string of the molecule is O=C(Nc1ccc(OC(F)(F)F)cc1)Nc1ccccc1N1CCOCC1. The highest BCUT2D eigenvalue weighted by Gasteiger charge is 2.31. The van der Waals surface area contributed by atoms with Gasteiger partial charge in [-0.15, -0.1) is 13.2 Å². The lowest BCUT2D eigenvalue weighted by Crippen LogP contribution is -2.36. The normalized spacial score (nSPS) is 14.6. The summed E-state index contributed by atoms with van der Waals surface area (Å²) in [5.74, 6) is -0.355. The number of hydrogen-bond acceptors (Lipinski definition) is 4. The third-order valence-corrected chi connectivity index (χ3v) is 3.85. The molecule has 0 unspecified atom stereocenters. The molecule has 1 saturated heterocycles. The molecule has 1 aliphatic heterocycles. The van der Waals surface area contributed by atoms with Crippen LogP contribution < -0.4 is 20.3 Å². The summed E-state index contributed by atoms with van der Waals surface area (Å²) in [6, 6.07) is 11.8. The molecule has 0 aromatic heterocycles. The minimum absolute atomic E-state index is 0.339. The largest absolute Gasteiger partial charge is 0.573 e. The Morgan fingerprint density at radius 3 is 2.33 bits per heavy atom. The number of carbonyl (C=O) groups excluding carboxylic acids is 1. The Morgan fingerprint density at radius 2 is 1.67 bits per heavy atom. The van der Waals surface area contributed by atoms with E-state index < -0.39 is 12.4 Å². The maximum absolute atomic E-state index is 12.3. The van der Waals surface area contributed by atoms with Crippen LogP contribution in [0.2, 0.25) is 0 Å². The van der Waals surface area contributed by atoms with Gasteiger partial charge in [0.05, 0.1) is 24.6 Å². The molecule has 0 saturated carbocycles. The van der Waals surface area contributed by atoms with Crippen molar-refractivity contribution >= 4 is 23.1 Å². The highest BCUT2D eigenvalue weighted by Crippen LogP contribution is 2.27. The number of rotatable bonds is 4. The number of carbonyl (C=O) groups is 1. The maximum Gasteiger partial charge on any atom is 0.573 e. The summed E-state index contributed by atoms with van der Waals surface area (Å²) in [6.45, 7) is 2.68. The number of nitrogens with zero attached hydrogens (tertiary/aromatic N) is 1. The number of morpholine rings is 1. The van der Waals surface area contributed by atoms with E-state index in [9.17, 15) is 18.0 Å². The molecular formula is C18H18F3N3O3. The van der Waals surface area contributed by atoms with Gasteiger partial charge in [0.15, 0.2) is 0 Å². The van der Waals surface area contributed by atoms with Crippen LogP contribution in [0.4, 0.5) is 35.0 Å². The van der Waals surface area contributed by atoms with Gasteiger partial charge in [-0.3, -0.25) is 0 Å². The van der Waals surface area contributed by atoms with Gasteiger partial charge >= 0.3 is 12.4 Å². The predicted octanol–water partition coefficient (Wildman–Crippen LogP) is 4.07. The fourth-order valence-electron chi connectivity index (χ4n) is 2.68. The van der Waals surface area contributed by atoms with Crippen molar-refractivity contribution in [2.24, 2.45) is 0 Å². The van der Waals surface area contributed by atoms with E-state index in [0.717, 1.165) is 30.9 Å². The van der Waals surface area contributed by atoms with E-state index >= 15 is 0 Å². The van der Waals surface area contributed by atoms with Gasteiger partial charge in [-0.25, -0.2) is 4.79 Å². The summed E-state index contributed by atoms with van der Waals surface area (Å²) < 4.78 is 45.7. The van der Waals surface area contributed by atoms with Crippen LogP contribution in [0, 0.1) is 0 Å². The molecular weight excluding hydrogens is 363 g/mol. The number of benzene rings is 2. The second-order valence-corrected chi connectivity index (χ2v) is 5.77. The van der Waals surface area contributed by atoms with E-state index in [2.05, 4.69) is 20.3 Å². The lowest BCUT2D eigenvalue weighted by atomic mass is 10.2. The quantitative estimate of drug-likeness (QED) is 0.838. The van der Waals surface area contributed by atoms with E-state index in [1.54, 1.807) is 6.07 Å². The Balaban J connectivity index is 1.63. The number of amides is 2. The summed E-state index contributed by atoms with van der Waals surface area (Å²) >= 11 is 0. The van der Waals surface area contributed by atoms with Crippen LogP contribution in [0.1, 0.15) is 0 Å². The number of halogens is 3. The Bertz CT molecular complexity index is 775. The first-order chi connectivity index (χ1) is 12.9. The van der Waals surface area contributed by atoms with E-state index in [0.29, 0.717) is 24.6 Å². The molecule has 2 aromatic rings. The van der Waals surface area contributed by atoms with Crippen LogP contribution in [0.25, 0.3) is 0 Å². The third kappa shape index (κ3) is 5.52. The minimum atomic E-state index is -4.75. The Kier molecular flexibility index (Phi) is 5.70. The zero-order valence-corrected chi connectivity index (χ0v) is 14.3. The predicted molar refractivity (Wildman–Crippen MR) is 95.2 cm³/mol. The molecule has 2 aromatic carbocycles. The maximum atomic E-state index is 12.3. The number of anilines is 3. The summed E-state index contributed by atoms with van der Waals surface area (Å²) in [6.07, 6.45) is -4.75. The lowest BCUT2D eigenvalue weighted by Gasteiger charge is -2.30. The first kappa shape index (κ1) is 18.8. The molecule has 1 aliphatic rings. The van der Waals surface area contributed by atoms with Crippen molar-refractivity contribution < 1.29 is 27.4 Å². The van der Waals surface area contributed by atoms with Crippen molar-refractivity contribution in [2.45, 2.75) is 6.36 Å². The van der Waals surface area contributed by atoms with Gasteiger partial charge in [0.25, 0.3) is 0 Å². The molecule has 0 atom stereocenters. The van der Waals surface area contributed by atoms with Crippen molar-refractivity contribution in [1.82, 2.24) is 0 Å². The van der Waals surface area contributed by atoms with Gasteiger partial charge in [-0.05, 0) is 36.4 Å². The van der Waals surface area contributed by atoms with E-state index in [-0.39, 0.29) is 5.75 Å². The summed E-state index contributed by atoms with van der Waals surface area (Å²) in [4.78, 5) is 14.4. The van der Waals surface area contributed by atoms with Crippen LogP contribution in [-0.4, -0.2) is 38.7 Å². The standard InChI is InChI=1S/C18H18F3N3O3/c19-18(20,21)27-14-7-5-13(6-8-14)22-17(25)23-15-3-1-2-4-16(15)24-9-11-26-12-10-24/h1-8H,9-12H2,(H2,22,23,25). The van der Waals surface area contributed by atoms with Gasteiger partial charge in [0.1, 0.15) is 5.75 Å². The number of hydrogen-bond donors (Lipinski definition) is 2. The molecule has 0 aliphatic carbocycles. The zero-order valence-electron chi connectivity index (χ0n) is 14.3. The third-order valence-electron chi connectivity index (χ3n) is 3.85. The molecule has 0 radical (unpaired) electrons. The van der Waals surface area contributed by atoms with Gasteiger partial charge in [-0.2, -0.15) is 0 Å². The number of para-hydroxylation sites is 2. The second-order valence-electron chi connectivity index (χ2n) is 5.77. The molecule has 144 valence electrons. The van der Waals surface area contributed by atoms with Crippen LogP contribution in [-0.2, 0) is 4.74 Å². The van der Waals surface area contributed by atoms with Crippen LogP contribution >= 0.6 is 0 Å². The monoisotopic (exact) mass is 381 g/mol. The summed E-state index contributed by atoms with van der Waals surface area (Å²) in [5, 5.41) is 5.35. The molecule has 1 fully saturated rings. The zero-order chi connectivity index (χ0) is 19.3. The van der Waals surface area contributed by atoms with Crippen LogP contribution in [0.3, 0.4) is 0 Å². The van der Waals surface area contributed by atoms with Crippen LogP contribution in [0.5, 0.6) is 5.75 Å². The molecule has 2 N–H and O–H groups in total. The highest BCUT2D eigenvalue weighted by molar-refractivity contribution is 6.01. The molecule has 0 spiro atoms. The average molecular weight is 381 g/mol. The number of ether oxygens (including phenoxy) is 2. The first-order valence-corrected chi connectivity index (χ1v) is 8.26. The topological polar surface area (TPSA) is 62.8 Å². The molecule has 0 bridgehead atoms. The van der Waals surface area contributed by atoms with Gasteiger partial charge in [0.2, 0.25) is 0 Å². The number of nitrogens with one attached hydrogen (secondary N) is 2. The van der Waals surface area contributed by atoms with Crippen molar-refractivity contribution in [3.63, 3.8) is 0 Å². The Hall–Kier alpha value is -2.94. The van der Waals surface area contributed by atoms with Crippen molar-refractivity contribution in [2.75, 3.05) is 41.8 Å². The molecule has 9 heteroatoms. The lowest BCUT2D eigenvalue weighted by molar-refractivity contribution is -0.274. The average Bonchev–Trinajstić information content (AvgIpc) is 2.63. The van der Waals surface area contributed by atoms with Crippen molar-refractivity contribution in [3.8, 4) is 5.75 Å². The second kappa shape index (κ2) is 8.17. The molecule has 6 nitrogen and oxygen atoms in total. The van der Waals surface area contributed by atoms with Crippen molar-refractivity contribution in [1.29, 1.82) is 0 Å². The number of urea groups is 1. The fourth-order valence-corrected chi connectivity index (χ4v) is 2.68. The highest BCUT2D eigenvalue weighted by atomic mass is 19.4. The smallest absolute Gasteiger partial charge is 0.406 e. The van der Waals surface area contributed by atoms with Gasteiger partial charge < -0.3 is 25.0 Å². The molecule has 3 rings (SSSR count). The van der Waals surface area contributed by atoms with E-state index in [1.165, 1.54) is 12.1 Å².